The van der Waals surface area contributed by atoms with Crippen molar-refractivity contribution in [2.75, 3.05) is 20.2 Å². The monoisotopic (exact) mass is 277 g/mol. The van der Waals surface area contributed by atoms with Crippen LogP contribution in [-0.4, -0.2) is 42.0 Å². The number of hydrogen-bond acceptors (Lipinski definition) is 4. The summed E-state index contributed by atoms with van der Waals surface area (Å²) in [6, 6.07) is 7.42. The summed E-state index contributed by atoms with van der Waals surface area (Å²) in [7, 11) is 1.61. The van der Waals surface area contributed by atoms with Crippen LogP contribution in [-0.2, 0) is 4.79 Å². The zero-order valence-corrected chi connectivity index (χ0v) is 12.2. The van der Waals surface area contributed by atoms with Crippen LogP contribution in [0, 0.1) is 0 Å². The largest absolute Gasteiger partial charge is 0.497 e. The van der Waals surface area contributed by atoms with Gasteiger partial charge in [0.1, 0.15) is 11.5 Å². The molecule has 0 saturated carbocycles. The minimum atomic E-state index is -0.593. The molecule has 0 bridgehead atoms. The van der Waals surface area contributed by atoms with Gasteiger partial charge in [-0.2, -0.15) is 0 Å². The van der Waals surface area contributed by atoms with E-state index < -0.39 is 6.10 Å². The van der Waals surface area contributed by atoms with Crippen molar-refractivity contribution in [2.24, 2.45) is 0 Å². The predicted octanol–water partition coefficient (Wildman–Crippen LogP) is 2.17. The first-order valence-corrected chi connectivity index (χ1v) is 7.18. The number of hydrogen-bond donors (Lipinski definition) is 1. The Labute approximate surface area is 120 Å². The van der Waals surface area contributed by atoms with E-state index in [0.717, 1.165) is 37.1 Å². The molecule has 110 valence electrons. The number of rotatable bonds is 5. The van der Waals surface area contributed by atoms with Crippen molar-refractivity contribution >= 4 is 5.78 Å². The SMILES string of the molecule is COc1cccc(C(O)CN2CCCCC2C(C)=O)c1. The van der Waals surface area contributed by atoms with E-state index in [-0.39, 0.29) is 11.8 Å². The Balaban J connectivity index is 2.05. The van der Waals surface area contributed by atoms with Crippen molar-refractivity contribution < 1.29 is 14.6 Å². The maximum Gasteiger partial charge on any atom is 0.146 e. The summed E-state index contributed by atoms with van der Waals surface area (Å²) in [6.45, 7) is 3.02. The number of piperidine rings is 1. The number of likely N-dealkylation sites (tertiary alicyclic amines) is 1. The summed E-state index contributed by atoms with van der Waals surface area (Å²) in [5.41, 5.74) is 0.831. The van der Waals surface area contributed by atoms with Gasteiger partial charge < -0.3 is 9.84 Å². The number of benzene rings is 1. The third-order valence-corrected chi connectivity index (χ3v) is 3.97. The first-order valence-electron chi connectivity index (χ1n) is 7.18. The zero-order valence-electron chi connectivity index (χ0n) is 12.2. The normalized spacial score (nSPS) is 21.4. The van der Waals surface area contributed by atoms with Crippen LogP contribution in [0.3, 0.4) is 0 Å². The van der Waals surface area contributed by atoms with Crippen LogP contribution < -0.4 is 4.74 Å². The highest BCUT2D eigenvalue weighted by Gasteiger charge is 2.27. The second-order valence-corrected chi connectivity index (χ2v) is 5.41. The van der Waals surface area contributed by atoms with Crippen molar-refractivity contribution in [1.82, 2.24) is 4.90 Å². The molecule has 2 unspecified atom stereocenters. The number of β-amino-alcohol motifs (C(OH)–C–C–N with tert-alkyl or cyclic N) is 1. The number of ether oxygens (including phenoxy) is 1. The van der Waals surface area contributed by atoms with E-state index in [1.165, 1.54) is 0 Å². The highest BCUT2D eigenvalue weighted by molar-refractivity contribution is 5.81. The Morgan fingerprint density at radius 3 is 3.00 bits per heavy atom. The summed E-state index contributed by atoms with van der Waals surface area (Å²) < 4.78 is 5.18. The molecular weight excluding hydrogens is 254 g/mol. The van der Waals surface area contributed by atoms with Crippen LogP contribution in [0.25, 0.3) is 0 Å². The lowest BCUT2D eigenvalue weighted by Crippen LogP contribution is -2.45. The first kappa shape index (κ1) is 15.0. The molecule has 20 heavy (non-hydrogen) atoms. The van der Waals surface area contributed by atoms with Gasteiger partial charge in [0.2, 0.25) is 0 Å². The van der Waals surface area contributed by atoms with E-state index in [0.29, 0.717) is 6.54 Å². The van der Waals surface area contributed by atoms with Crippen molar-refractivity contribution in [2.45, 2.75) is 38.3 Å². The predicted molar refractivity (Wildman–Crippen MR) is 77.8 cm³/mol. The molecule has 2 atom stereocenters. The Morgan fingerprint density at radius 1 is 1.50 bits per heavy atom. The molecule has 4 nitrogen and oxygen atoms in total. The van der Waals surface area contributed by atoms with E-state index in [4.69, 9.17) is 4.74 Å². The number of methoxy groups -OCH3 is 1. The fourth-order valence-electron chi connectivity index (χ4n) is 2.85. The Hall–Kier alpha value is -1.39. The third-order valence-electron chi connectivity index (χ3n) is 3.97. The molecule has 1 saturated heterocycles. The number of aliphatic hydroxyl groups excluding tert-OH is 1. The quantitative estimate of drug-likeness (QED) is 0.896. The highest BCUT2D eigenvalue weighted by Crippen LogP contribution is 2.24. The molecule has 1 aliphatic rings. The van der Waals surface area contributed by atoms with Crippen LogP contribution >= 0.6 is 0 Å². The van der Waals surface area contributed by atoms with Crippen molar-refractivity contribution in [3.8, 4) is 5.75 Å². The summed E-state index contributed by atoms with van der Waals surface area (Å²) in [5.74, 6) is 0.936. The minimum absolute atomic E-state index is 0.0380. The lowest BCUT2D eigenvalue weighted by Gasteiger charge is -2.35. The maximum atomic E-state index is 11.7. The van der Waals surface area contributed by atoms with Crippen molar-refractivity contribution in [1.29, 1.82) is 0 Å². The van der Waals surface area contributed by atoms with Gasteiger partial charge in [-0.3, -0.25) is 9.69 Å². The summed E-state index contributed by atoms with van der Waals surface area (Å²) >= 11 is 0. The molecule has 1 fully saturated rings. The topological polar surface area (TPSA) is 49.8 Å². The molecule has 2 rings (SSSR count). The van der Waals surface area contributed by atoms with E-state index in [9.17, 15) is 9.90 Å². The average Bonchev–Trinajstić information content (AvgIpc) is 2.47. The molecule has 0 aromatic heterocycles. The van der Waals surface area contributed by atoms with Gasteiger partial charge in [0.05, 0.1) is 19.3 Å². The standard InChI is InChI=1S/C16H23NO3/c1-12(18)15-8-3-4-9-17(15)11-16(19)13-6-5-7-14(10-13)20-2/h5-7,10,15-16,19H,3-4,8-9,11H2,1-2H3. The van der Waals surface area contributed by atoms with Gasteiger partial charge in [0, 0.05) is 6.54 Å². The molecule has 1 heterocycles. The van der Waals surface area contributed by atoms with Crippen molar-refractivity contribution in [3.63, 3.8) is 0 Å². The molecule has 1 aliphatic heterocycles. The maximum absolute atomic E-state index is 11.7. The number of carbonyl (C=O) groups is 1. The summed E-state index contributed by atoms with van der Waals surface area (Å²) in [4.78, 5) is 13.8. The molecule has 1 aromatic carbocycles. The average molecular weight is 277 g/mol. The number of Topliss-reactive ketones (excluding diaryl/α,β-unsaturated/α-hetero) is 1. The Morgan fingerprint density at radius 2 is 2.30 bits per heavy atom. The first-order chi connectivity index (χ1) is 9.61. The molecule has 1 aromatic rings. The second-order valence-electron chi connectivity index (χ2n) is 5.41. The van der Waals surface area contributed by atoms with Crippen molar-refractivity contribution in [3.05, 3.63) is 29.8 Å². The molecule has 4 heteroatoms. The highest BCUT2D eigenvalue weighted by atomic mass is 16.5. The lowest BCUT2D eigenvalue weighted by molar-refractivity contribution is -0.123. The number of aliphatic hydroxyl groups is 1. The molecule has 0 aliphatic carbocycles. The van der Waals surface area contributed by atoms with Crippen LogP contribution in [0.15, 0.2) is 24.3 Å². The van der Waals surface area contributed by atoms with Crippen LogP contribution in [0.1, 0.15) is 37.9 Å². The lowest BCUT2D eigenvalue weighted by atomic mass is 9.98. The smallest absolute Gasteiger partial charge is 0.146 e. The van der Waals surface area contributed by atoms with Gasteiger partial charge >= 0.3 is 0 Å². The van der Waals surface area contributed by atoms with E-state index in [1.807, 2.05) is 24.3 Å². The summed E-state index contributed by atoms with van der Waals surface area (Å²) in [5, 5.41) is 10.4. The Bertz CT molecular complexity index is 461. The molecule has 0 radical (unpaired) electrons. The van der Waals surface area contributed by atoms with E-state index >= 15 is 0 Å². The van der Waals surface area contributed by atoms with Gasteiger partial charge in [-0.25, -0.2) is 0 Å². The number of ketones is 1. The fraction of sp³-hybridized carbons (Fsp3) is 0.562. The van der Waals surface area contributed by atoms with Crippen LogP contribution in [0.4, 0.5) is 0 Å². The molecular formula is C16H23NO3. The van der Waals surface area contributed by atoms with Gasteiger partial charge in [-0.1, -0.05) is 18.6 Å². The molecule has 0 amide bonds. The zero-order chi connectivity index (χ0) is 14.5. The summed E-state index contributed by atoms with van der Waals surface area (Å²) in [6.07, 6.45) is 2.50. The van der Waals surface area contributed by atoms with Gasteiger partial charge in [0.25, 0.3) is 0 Å². The van der Waals surface area contributed by atoms with Gasteiger partial charge in [0.15, 0.2) is 0 Å². The number of carbonyl (C=O) groups excluding carboxylic acids is 1. The fourth-order valence-corrected chi connectivity index (χ4v) is 2.85. The molecule has 1 N–H and O–H groups in total. The Kier molecular flexibility index (Phi) is 5.15. The molecule has 0 spiro atoms. The van der Waals surface area contributed by atoms with E-state index in [1.54, 1.807) is 14.0 Å². The van der Waals surface area contributed by atoms with Crippen LogP contribution in [0.5, 0.6) is 5.75 Å². The van der Waals surface area contributed by atoms with Gasteiger partial charge in [-0.05, 0) is 44.0 Å². The van der Waals surface area contributed by atoms with Gasteiger partial charge in [-0.15, -0.1) is 0 Å². The third kappa shape index (κ3) is 3.58. The van der Waals surface area contributed by atoms with E-state index in [2.05, 4.69) is 4.90 Å². The van der Waals surface area contributed by atoms with Crippen LogP contribution in [0.2, 0.25) is 0 Å². The minimum Gasteiger partial charge on any atom is -0.497 e. The second kappa shape index (κ2) is 6.86. The number of nitrogens with zero attached hydrogens (tertiary/aromatic N) is 1.